The molecular formula is C8H11N3O3. The molecule has 0 amide bonds. The molecule has 0 aliphatic rings. The van der Waals surface area contributed by atoms with E-state index in [1.165, 1.54) is 12.1 Å². The summed E-state index contributed by atoms with van der Waals surface area (Å²) in [6, 6.07) is 6.22. The number of anilines is 2. The van der Waals surface area contributed by atoms with Crippen LogP contribution in [0, 0.1) is 10.1 Å². The summed E-state index contributed by atoms with van der Waals surface area (Å²) < 4.78 is 0. The Morgan fingerprint density at radius 1 is 1.43 bits per heavy atom. The van der Waals surface area contributed by atoms with Crippen LogP contribution in [-0.2, 0) is 0 Å². The van der Waals surface area contributed by atoms with Crippen molar-refractivity contribution in [1.29, 1.82) is 0 Å². The lowest BCUT2D eigenvalue weighted by Gasteiger charge is -2.12. The topological polar surface area (TPSA) is 92.6 Å². The number of nitro groups is 1. The summed E-state index contributed by atoms with van der Waals surface area (Å²) in [6.45, 7) is -0.317. The maximum absolute atomic E-state index is 10.6. The third-order valence-corrected chi connectivity index (χ3v) is 1.70. The molecule has 0 atom stereocenters. The Kier molecular flexibility index (Phi) is 3.24. The van der Waals surface area contributed by atoms with E-state index in [-0.39, 0.29) is 13.2 Å². The van der Waals surface area contributed by atoms with E-state index in [1.807, 2.05) is 0 Å². The highest BCUT2D eigenvalue weighted by molar-refractivity contribution is 5.51. The Morgan fingerprint density at radius 3 is 2.43 bits per heavy atom. The van der Waals surface area contributed by atoms with Crippen molar-refractivity contribution in [3.8, 4) is 0 Å². The SMILES string of the molecule is Nc1ccc(N(CCO)[N+](=O)[O-])cc1. The molecule has 0 saturated carbocycles. The van der Waals surface area contributed by atoms with Crippen LogP contribution in [0.5, 0.6) is 0 Å². The highest BCUT2D eigenvalue weighted by atomic mass is 16.7. The fourth-order valence-electron chi connectivity index (χ4n) is 1.05. The first kappa shape index (κ1) is 10.3. The Bertz CT molecular complexity index is 312. The molecule has 0 heterocycles. The molecule has 0 radical (unpaired) electrons. The molecule has 0 aliphatic heterocycles. The predicted molar refractivity (Wildman–Crippen MR) is 52.3 cm³/mol. The third kappa shape index (κ3) is 2.33. The number of rotatable bonds is 4. The molecule has 1 aromatic carbocycles. The van der Waals surface area contributed by atoms with Crippen LogP contribution in [0.1, 0.15) is 0 Å². The molecule has 0 aliphatic carbocycles. The average molecular weight is 197 g/mol. The molecule has 3 N–H and O–H groups in total. The fourth-order valence-corrected chi connectivity index (χ4v) is 1.05. The molecule has 0 unspecified atom stereocenters. The second-order valence-corrected chi connectivity index (χ2v) is 2.68. The minimum absolute atomic E-state index is 0.0447. The number of aliphatic hydroxyl groups excluding tert-OH is 1. The molecule has 0 bridgehead atoms. The Labute approximate surface area is 80.7 Å². The van der Waals surface area contributed by atoms with Gasteiger partial charge in [-0.25, -0.2) is 10.1 Å². The smallest absolute Gasteiger partial charge is 0.165 e. The molecule has 0 saturated heterocycles. The second-order valence-electron chi connectivity index (χ2n) is 2.68. The summed E-state index contributed by atoms with van der Waals surface area (Å²) in [5, 5.41) is 19.5. The monoisotopic (exact) mass is 197 g/mol. The first-order valence-corrected chi connectivity index (χ1v) is 4.03. The van der Waals surface area contributed by atoms with Gasteiger partial charge in [-0.05, 0) is 24.3 Å². The van der Waals surface area contributed by atoms with E-state index in [4.69, 9.17) is 10.8 Å². The van der Waals surface area contributed by atoms with Crippen LogP contribution in [0.25, 0.3) is 0 Å². The van der Waals surface area contributed by atoms with Gasteiger partial charge >= 0.3 is 0 Å². The molecular weight excluding hydrogens is 186 g/mol. The number of benzene rings is 1. The summed E-state index contributed by atoms with van der Waals surface area (Å²) >= 11 is 0. The van der Waals surface area contributed by atoms with Gasteiger partial charge < -0.3 is 10.8 Å². The van der Waals surface area contributed by atoms with Crippen molar-refractivity contribution in [1.82, 2.24) is 0 Å². The van der Waals surface area contributed by atoms with Crippen molar-refractivity contribution in [2.45, 2.75) is 0 Å². The quantitative estimate of drug-likeness (QED) is 0.410. The first-order chi connectivity index (χ1) is 6.65. The summed E-state index contributed by atoms with van der Waals surface area (Å²) in [5.41, 5.74) is 6.38. The van der Waals surface area contributed by atoms with Crippen molar-refractivity contribution in [3.05, 3.63) is 34.4 Å². The summed E-state index contributed by atoms with van der Waals surface area (Å²) in [4.78, 5) is 10.6. The van der Waals surface area contributed by atoms with Crippen molar-refractivity contribution in [2.75, 3.05) is 23.9 Å². The van der Waals surface area contributed by atoms with Gasteiger partial charge in [0.25, 0.3) is 0 Å². The van der Waals surface area contributed by atoms with Crippen LogP contribution in [-0.4, -0.2) is 23.3 Å². The van der Waals surface area contributed by atoms with Crippen LogP contribution >= 0.6 is 0 Å². The van der Waals surface area contributed by atoms with E-state index in [1.54, 1.807) is 12.1 Å². The van der Waals surface area contributed by atoms with Crippen LogP contribution < -0.4 is 10.7 Å². The average Bonchev–Trinajstić information content (AvgIpc) is 2.15. The number of nitrogens with two attached hydrogens (primary N) is 1. The van der Waals surface area contributed by atoms with E-state index in [0.29, 0.717) is 11.4 Å². The van der Waals surface area contributed by atoms with Crippen molar-refractivity contribution in [2.24, 2.45) is 0 Å². The van der Waals surface area contributed by atoms with Gasteiger partial charge in [-0.1, -0.05) is 5.01 Å². The lowest BCUT2D eigenvalue weighted by Crippen LogP contribution is -2.32. The van der Waals surface area contributed by atoms with Crippen molar-refractivity contribution in [3.63, 3.8) is 0 Å². The largest absolute Gasteiger partial charge is 0.399 e. The second kappa shape index (κ2) is 4.43. The van der Waals surface area contributed by atoms with Gasteiger partial charge in [0.05, 0.1) is 6.61 Å². The maximum Gasteiger partial charge on any atom is 0.165 e. The summed E-state index contributed by atoms with van der Waals surface area (Å²) in [5.74, 6) is 0. The highest BCUT2D eigenvalue weighted by Gasteiger charge is 2.15. The predicted octanol–water partition coefficient (Wildman–Crippen LogP) is 0.259. The fraction of sp³-hybridized carbons (Fsp3) is 0.250. The van der Waals surface area contributed by atoms with Gasteiger partial charge in [-0.15, -0.1) is 0 Å². The minimum atomic E-state index is -0.568. The normalized spacial score (nSPS) is 9.79. The molecule has 0 spiro atoms. The van der Waals surface area contributed by atoms with Gasteiger partial charge in [-0.3, -0.25) is 0 Å². The number of hydrogen-bond donors (Lipinski definition) is 2. The Hall–Kier alpha value is -1.82. The molecule has 1 aromatic rings. The van der Waals surface area contributed by atoms with Crippen molar-refractivity contribution < 1.29 is 10.1 Å². The number of hydrazine groups is 1. The van der Waals surface area contributed by atoms with E-state index in [9.17, 15) is 10.1 Å². The molecule has 1 rings (SSSR count). The summed E-state index contributed by atoms with van der Waals surface area (Å²) in [7, 11) is 0. The standard InChI is InChI=1S/C8H11N3O3/c9-7-1-3-8(4-2-7)10(5-6-12)11(13)14/h1-4,12H,5-6,9H2. The van der Waals surface area contributed by atoms with Crippen LogP contribution in [0.15, 0.2) is 24.3 Å². The maximum atomic E-state index is 10.6. The third-order valence-electron chi connectivity index (χ3n) is 1.70. The van der Waals surface area contributed by atoms with Gasteiger partial charge in [0, 0.05) is 5.69 Å². The molecule has 76 valence electrons. The first-order valence-electron chi connectivity index (χ1n) is 4.03. The molecule has 6 nitrogen and oxygen atoms in total. The van der Waals surface area contributed by atoms with Gasteiger partial charge in [0.15, 0.2) is 5.03 Å². The molecule has 0 aromatic heterocycles. The zero-order chi connectivity index (χ0) is 10.6. The Morgan fingerprint density at radius 2 is 2.00 bits per heavy atom. The highest BCUT2D eigenvalue weighted by Crippen LogP contribution is 2.15. The van der Waals surface area contributed by atoms with Crippen LogP contribution in [0.2, 0.25) is 0 Å². The van der Waals surface area contributed by atoms with Gasteiger partial charge in [0.2, 0.25) is 0 Å². The van der Waals surface area contributed by atoms with Crippen LogP contribution in [0.3, 0.4) is 0 Å². The molecule has 0 fully saturated rings. The number of hydrogen-bond acceptors (Lipinski definition) is 4. The zero-order valence-electron chi connectivity index (χ0n) is 7.46. The number of nitrogen functional groups attached to an aromatic ring is 1. The lowest BCUT2D eigenvalue weighted by molar-refractivity contribution is -0.495. The van der Waals surface area contributed by atoms with Gasteiger partial charge in [0.1, 0.15) is 12.2 Å². The van der Waals surface area contributed by atoms with Crippen LogP contribution in [0.4, 0.5) is 11.4 Å². The number of aliphatic hydroxyl groups is 1. The van der Waals surface area contributed by atoms with E-state index >= 15 is 0 Å². The number of nitrogens with zero attached hydrogens (tertiary/aromatic N) is 2. The summed E-state index contributed by atoms with van der Waals surface area (Å²) in [6.07, 6.45) is 0. The van der Waals surface area contributed by atoms with Crippen molar-refractivity contribution >= 4 is 11.4 Å². The van der Waals surface area contributed by atoms with Gasteiger partial charge in [-0.2, -0.15) is 0 Å². The molecule has 14 heavy (non-hydrogen) atoms. The zero-order valence-corrected chi connectivity index (χ0v) is 7.46. The minimum Gasteiger partial charge on any atom is -0.399 e. The van der Waals surface area contributed by atoms with E-state index in [2.05, 4.69) is 0 Å². The Balaban J connectivity index is 2.87. The van der Waals surface area contributed by atoms with E-state index in [0.717, 1.165) is 5.01 Å². The molecule has 6 heteroatoms. The lowest BCUT2D eigenvalue weighted by atomic mass is 10.3. The van der Waals surface area contributed by atoms with E-state index < -0.39 is 5.03 Å².